The van der Waals surface area contributed by atoms with E-state index in [2.05, 4.69) is 10.3 Å². The van der Waals surface area contributed by atoms with Gasteiger partial charge in [-0.2, -0.15) is 0 Å². The van der Waals surface area contributed by atoms with Crippen molar-refractivity contribution in [2.75, 3.05) is 19.5 Å². The fraction of sp³-hybridized carbons (Fsp3) is 0.267. The first kappa shape index (κ1) is 18.0. The second kappa shape index (κ2) is 7.98. The molecule has 0 spiro atoms. The molecule has 0 atom stereocenters. The molecule has 0 aliphatic carbocycles. The van der Waals surface area contributed by atoms with E-state index < -0.39 is 5.97 Å². The number of carbonyl (C=O) groups is 2. The van der Waals surface area contributed by atoms with Crippen LogP contribution < -0.4 is 14.8 Å². The Morgan fingerprint density at radius 3 is 2.67 bits per heavy atom. The molecule has 1 heterocycles. The standard InChI is InChI=1S/C15H15ClN2O5S/c1-8(19)17-15-18-10(7-24-15)6-23-14(20)9-4-11(16)13(22-3)12(5-9)21-2/h4-5,7H,6H2,1-3H3,(H,17,18,19). The summed E-state index contributed by atoms with van der Waals surface area (Å²) in [5, 5.41) is 4.94. The van der Waals surface area contributed by atoms with Crippen LogP contribution in [0.3, 0.4) is 0 Å². The second-order valence-electron chi connectivity index (χ2n) is 4.59. The lowest BCUT2D eigenvalue weighted by Crippen LogP contribution is -2.07. The van der Waals surface area contributed by atoms with Gasteiger partial charge in [-0.1, -0.05) is 11.6 Å². The Bertz CT molecular complexity index is 762. The van der Waals surface area contributed by atoms with Crippen molar-refractivity contribution in [3.8, 4) is 11.5 Å². The fourth-order valence-corrected chi connectivity index (χ4v) is 2.87. The van der Waals surface area contributed by atoms with Crippen molar-refractivity contribution in [3.05, 3.63) is 33.8 Å². The highest BCUT2D eigenvalue weighted by Crippen LogP contribution is 2.36. The first-order valence-electron chi connectivity index (χ1n) is 6.75. The normalized spacial score (nSPS) is 10.2. The molecule has 0 fully saturated rings. The molecule has 0 bridgehead atoms. The minimum absolute atomic E-state index is 0.0269. The molecular formula is C15H15ClN2O5S. The molecule has 2 rings (SSSR count). The van der Waals surface area contributed by atoms with Crippen molar-refractivity contribution in [1.82, 2.24) is 4.98 Å². The van der Waals surface area contributed by atoms with Crippen LogP contribution in [-0.4, -0.2) is 31.1 Å². The number of hydrogen-bond donors (Lipinski definition) is 1. The Hall–Kier alpha value is -2.32. The Morgan fingerprint density at radius 1 is 1.29 bits per heavy atom. The minimum atomic E-state index is -0.577. The van der Waals surface area contributed by atoms with E-state index in [4.69, 9.17) is 25.8 Å². The molecular weight excluding hydrogens is 356 g/mol. The predicted molar refractivity (Wildman–Crippen MR) is 90.1 cm³/mol. The number of halogens is 1. The summed E-state index contributed by atoms with van der Waals surface area (Å²) in [7, 11) is 2.90. The molecule has 0 aliphatic rings. The van der Waals surface area contributed by atoms with Crippen LogP contribution in [0.1, 0.15) is 23.0 Å². The van der Waals surface area contributed by atoms with Gasteiger partial charge in [0.15, 0.2) is 16.6 Å². The molecule has 1 aromatic heterocycles. The van der Waals surface area contributed by atoms with E-state index in [1.54, 1.807) is 5.38 Å². The first-order valence-corrected chi connectivity index (χ1v) is 8.01. The van der Waals surface area contributed by atoms with Gasteiger partial charge < -0.3 is 19.5 Å². The zero-order chi connectivity index (χ0) is 17.7. The highest BCUT2D eigenvalue weighted by molar-refractivity contribution is 7.13. The van der Waals surface area contributed by atoms with Crippen molar-refractivity contribution in [1.29, 1.82) is 0 Å². The van der Waals surface area contributed by atoms with Crippen molar-refractivity contribution < 1.29 is 23.8 Å². The number of anilines is 1. The van der Waals surface area contributed by atoms with Gasteiger partial charge in [-0.05, 0) is 12.1 Å². The molecule has 7 nitrogen and oxygen atoms in total. The maximum Gasteiger partial charge on any atom is 0.338 e. The highest BCUT2D eigenvalue weighted by Gasteiger charge is 2.16. The first-order chi connectivity index (χ1) is 11.4. The molecule has 0 saturated heterocycles. The number of carbonyl (C=O) groups excluding carboxylic acids is 2. The largest absolute Gasteiger partial charge is 0.493 e. The molecule has 9 heteroatoms. The van der Waals surface area contributed by atoms with Gasteiger partial charge in [-0.25, -0.2) is 9.78 Å². The Morgan fingerprint density at radius 2 is 2.04 bits per heavy atom. The van der Waals surface area contributed by atoms with E-state index in [0.717, 1.165) is 0 Å². The van der Waals surface area contributed by atoms with Crippen molar-refractivity contribution in [2.45, 2.75) is 13.5 Å². The number of ether oxygens (including phenoxy) is 3. The number of esters is 1. The molecule has 128 valence electrons. The van der Waals surface area contributed by atoms with E-state index in [1.165, 1.54) is 44.6 Å². The van der Waals surface area contributed by atoms with E-state index in [9.17, 15) is 9.59 Å². The van der Waals surface area contributed by atoms with Crippen LogP contribution in [0.2, 0.25) is 5.02 Å². The summed E-state index contributed by atoms with van der Waals surface area (Å²) in [6, 6.07) is 2.92. The zero-order valence-corrected chi connectivity index (χ0v) is 14.8. The van der Waals surface area contributed by atoms with Gasteiger partial charge in [-0.15, -0.1) is 11.3 Å². The molecule has 1 N–H and O–H groups in total. The minimum Gasteiger partial charge on any atom is -0.493 e. The third-order valence-electron chi connectivity index (χ3n) is 2.86. The van der Waals surface area contributed by atoms with Crippen molar-refractivity contribution in [3.63, 3.8) is 0 Å². The lowest BCUT2D eigenvalue weighted by Gasteiger charge is -2.11. The van der Waals surface area contributed by atoms with Gasteiger partial charge in [0.2, 0.25) is 5.91 Å². The number of benzene rings is 1. The number of amides is 1. The molecule has 24 heavy (non-hydrogen) atoms. The molecule has 0 unspecified atom stereocenters. The van der Waals surface area contributed by atoms with Crippen LogP contribution in [-0.2, 0) is 16.1 Å². The maximum absolute atomic E-state index is 12.2. The second-order valence-corrected chi connectivity index (χ2v) is 5.86. The summed E-state index contributed by atoms with van der Waals surface area (Å²) in [5.41, 5.74) is 0.763. The van der Waals surface area contributed by atoms with E-state index in [0.29, 0.717) is 22.3 Å². The molecule has 2 aromatic rings. The Balaban J connectivity index is 2.06. The number of hydrogen-bond acceptors (Lipinski definition) is 7. The fourth-order valence-electron chi connectivity index (χ4n) is 1.84. The molecule has 0 aliphatic heterocycles. The summed E-state index contributed by atoms with van der Waals surface area (Å²) in [5.74, 6) is -0.117. The zero-order valence-electron chi connectivity index (χ0n) is 13.2. The third kappa shape index (κ3) is 4.36. The summed E-state index contributed by atoms with van der Waals surface area (Å²) < 4.78 is 15.5. The van der Waals surface area contributed by atoms with Gasteiger partial charge in [-0.3, -0.25) is 4.79 Å². The van der Waals surface area contributed by atoms with Crippen LogP contribution in [0.25, 0.3) is 0 Å². The van der Waals surface area contributed by atoms with Gasteiger partial charge in [0.1, 0.15) is 6.61 Å². The topological polar surface area (TPSA) is 86.8 Å². The molecule has 0 radical (unpaired) electrons. The average molecular weight is 371 g/mol. The molecule has 1 aromatic carbocycles. The number of nitrogens with zero attached hydrogens (tertiary/aromatic N) is 1. The Labute approximate surface area is 147 Å². The van der Waals surface area contributed by atoms with Crippen LogP contribution in [0.4, 0.5) is 5.13 Å². The monoisotopic (exact) mass is 370 g/mol. The highest BCUT2D eigenvalue weighted by atomic mass is 35.5. The summed E-state index contributed by atoms with van der Waals surface area (Å²) in [6.07, 6.45) is 0. The molecule has 1 amide bonds. The number of methoxy groups -OCH3 is 2. The average Bonchev–Trinajstić information content (AvgIpc) is 2.98. The number of nitrogens with one attached hydrogen (secondary N) is 1. The van der Waals surface area contributed by atoms with Crippen LogP contribution >= 0.6 is 22.9 Å². The van der Waals surface area contributed by atoms with E-state index >= 15 is 0 Å². The number of aromatic nitrogens is 1. The SMILES string of the molecule is COc1cc(C(=O)OCc2csc(NC(C)=O)n2)cc(Cl)c1OC. The third-order valence-corrected chi connectivity index (χ3v) is 3.94. The summed E-state index contributed by atoms with van der Waals surface area (Å²) >= 11 is 7.31. The summed E-state index contributed by atoms with van der Waals surface area (Å²) in [6.45, 7) is 1.36. The smallest absolute Gasteiger partial charge is 0.338 e. The number of rotatable bonds is 6. The van der Waals surface area contributed by atoms with Gasteiger partial charge in [0.05, 0.1) is 30.5 Å². The quantitative estimate of drug-likeness (QED) is 0.786. The van der Waals surface area contributed by atoms with Crippen LogP contribution in [0, 0.1) is 0 Å². The Kier molecular flexibility index (Phi) is 5.99. The lowest BCUT2D eigenvalue weighted by molar-refractivity contribution is -0.114. The summed E-state index contributed by atoms with van der Waals surface area (Å²) in [4.78, 5) is 27.2. The van der Waals surface area contributed by atoms with Gasteiger partial charge in [0, 0.05) is 12.3 Å². The molecule has 0 saturated carbocycles. The van der Waals surface area contributed by atoms with Crippen molar-refractivity contribution in [2.24, 2.45) is 0 Å². The lowest BCUT2D eigenvalue weighted by atomic mass is 10.2. The number of thiazole rings is 1. The van der Waals surface area contributed by atoms with Gasteiger partial charge >= 0.3 is 5.97 Å². The van der Waals surface area contributed by atoms with E-state index in [-0.39, 0.29) is 23.1 Å². The van der Waals surface area contributed by atoms with Crippen LogP contribution in [0.5, 0.6) is 11.5 Å². The predicted octanol–water partition coefficient (Wildman–Crippen LogP) is 3.13. The van der Waals surface area contributed by atoms with Crippen LogP contribution in [0.15, 0.2) is 17.5 Å². The van der Waals surface area contributed by atoms with E-state index in [1.807, 2.05) is 0 Å². The van der Waals surface area contributed by atoms with Crippen molar-refractivity contribution >= 4 is 39.9 Å². The maximum atomic E-state index is 12.2. The van der Waals surface area contributed by atoms with Gasteiger partial charge in [0.25, 0.3) is 0 Å².